The van der Waals surface area contributed by atoms with Gasteiger partial charge in [0.2, 0.25) is 5.96 Å². The quantitative estimate of drug-likeness (QED) is 0.870. The Labute approximate surface area is 121 Å². The molecule has 1 N–H and O–H groups in total. The number of anilines is 2. The number of nitrogens with one attached hydrogen (secondary N) is 1. The molecule has 2 aromatic rings. The van der Waals surface area contributed by atoms with Crippen molar-refractivity contribution in [3.63, 3.8) is 0 Å². The molecule has 21 heavy (non-hydrogen) atoms. The maximum Gasteiger partial charge on any atom is 0.287 e. The van der Waals surface area contributed by atoms with Crippen molar-refractivity contribution in [3.05, 3.63) is 48.4 Å². The average Bonchev–Trinajstić information content (AvgIpc) is 2.46. The molecule has 0 saturated carbocycles. The minimum absolute atomic E-state index is 0.0536. The van der Waals surface area contributed by atoms with E-state index in [0.29, 0.717) is 5.82 Å². The number of benzene rings is 1. The first-order chi connectivity index (χ1) is 9.97. The largest absolute Gasteiger partial charge is 0.324 e. The second-order valence-electron chi connectivity index (χ2n) is 4.40. The van der Waals surface area contributed by atoms with Crippen LogP contribution in [0.4, 0.5) is 15.9 Å². The number of guanidine groups is 1. The number of aromatic nitrogens is 1. The molecule has 3 rings (SSSR count). The molecular weight excluding hydrogens is 295 g/mol. The number of hydrogen-bond acceptors (Lipinski definition) is 5. The van der Waals surface area contributed by atoms with Gasteiger partial charge in [0.25, 0.3) is 10.0 Å². The van der Waals surface area contributed by atoms with Gasteiger partial charge < -0.3 is 5.32 Å². The predicted octanol–water partition coefficient (Wildman–Crippen LogP) is 1.83. The Bertz CT molecular complexity index is 821. The third-order valence-corrected chi connectivity index (χ3v) is 4.31. The van der Waals surface area contributed by atoms with Gasteiger partial charge in [0.1, 0.15) is 16.5 Å². The first-order valence-electron chi connectivity index (χ1n) is 6.04. The van der Waals surface area contributed by atoms with E-state index < -0.39 is 15.8 Å². The second kappa shape index (κ2) is 4.81. The summed E-state index contributed by atoms with van der Waals surface area (Å²) in [5.74, 6) is 0.0452. The second-order valence-corrected chi connectivity index (χ2v) is 5.97. The minimum Gasteiger partial charge on any atom is -0.324 e. The summed E-state index contributed by atoms with van der Waals surface area (Å²) in [6.07, 6.45) is 1.58. The molecule has 1 aliphatic heterocycles. The van der Waals surface area contributed by atoms with Gasteiger partial charge in [0.15, 0.2) is 0 Å². The standard InChI is InChI=1S/C13H11FN4O2S/c1-18(12-4-2-3-7-15-12)13-16-10-8-9(14)5-6-11(10)21(19,20)17-13/h2-8H,1H3,(H,16,17). The number of hydrogen-bond donors (Lipinski definition) is 1. The van der Waals surface area contributed by atoms with Crippen molar-refractivity contribution in [2.75, 3.05) is 17.3 Å². The molecule has 8 heteroatoms. The summed E-state index contributed by atoms with van der Waals surface area (Å²) in [7, 11) is -2.25. The number of sulfonamides is 1. The summed E-state index contributed by atoms with van der Waals surface area (Å²) in [6, 6.07) is 8.61. The van der Waals surface area contributed by atoms with E-state index in [4.69, 9.17) is 0 Å². The average molecular weight is 306 g/mol. The van der Waals surface area contributed by atoms with E-state index in [0.717, 1.165) is 12.1 Å². The van der Waals surface area contributed by atoms with Crippen molar-refractivity contribution in [2.45, 2.75) is 4.90 Å². The van der Waals surface area contributed by atoms with Crippen LogP contribution in [-0.4, -0.2) is 26.4 Å². The zero-order valence-electron chi connectivity index (χ0n) is 11.0. The van der Waals surface area contributed by atoms with E-state index in [2.05, 4.69) is 14.7 Å². The predicted molar refractivity (Wildman–Crippen MR) is 77.3 cm³/mol. The van der Waals surface area contributed by atoms with Gasteiger partial charge in [-0.3, -0.25) is 4.90 Å². The Morgan fingerprint density at radius 2 is 2.05 bits per heavy atom. The summed E-state index contributed by atoms with van der Waals surface area (Å²) in [4.78, 5) is 5.54. The van der Waals surface area contributed by atoms with Crippen LogP contribution in [0.3, 0.4) is 0 Å². The molecule has 1 aromatic carbocycles. The van der Waals surface area contributed by atoms with Crippen molar-refractivity contribution in [3.8, 4) is 0 Å². The van der Waals surface area contributed by atoms with Crippen LogP contribution in [0, 0.1) is 5.82 Å². The van der Waals surface area contributed by atoms with Crippen LogP contribution >= 0.6 is 0 Å². The molecule has 2 heterocycles. The third-order valence-electron chi connectivity index (χ3n) is 2.98. The molecule has 0 unspecified atom stereocenters. The van der Waals surface area contributed by atoms with Gasteiger partial charge in [-0.2, -0.15) is 8.42 Å². The number of halogens is 1. The molecule has 0 fully saturated rings. The van der Waals surface area contributed by atoms with Gasteiger partial charge in [-0.25, -0.2) is 9.37 Å². The Balaban J connectivity index is 2.05. The summed E-state index contributed by atoms with van der Waals surface area (Å²) < 4.78 is 41.3. The van der Waals surface area contributed by atoms with Crippen molar-refractivity contribution in [1.29, 1.82) is 0 Å². The Hall–Kier alpha value is -2.48. The summed E-state index contributed by atoms with van der Waals surface area (Å²) >= 11 is 0. The van der Waals surface area contributed by atoms with Gasteiger partial charge in [-0.15, -0.1) is 4.40 Å². The van der Waals surface area contributed by atoms with Gasteiger partial charge in [-0.05, 0) is 30.3 Å². The number of pyridine rings is 1. The maximum atomic E-state index is 13.3. The lowest BCUT2D eigenvalue weighted by atomic mass is 10.3. The molecule has 0 aliphatic carbocycles. The van der Waals surface area contributed by atoms with Gasteiger partial charge in [-0.1, -0.05) is 6.07 Å². The first-order valence-corrected chi connectivity index (χ1v) is 7.48. The molecule has 0 radical (unpaired) electrons. The molecule has 0 bridgehead atoms. The fourth-order valence-electron chi connectivity index (χ4n) is 1.94. The Morgan fingerprint density at radius 3 is 2.76 bits per heavy atom. The lowest BCUT2D eigenvalue weighted by molar-refractivity contribution is 0.596. The van der Waals surface area contributed by atoms with E-state index >= 15 is 0 Å². The monoisotopic (exact) mass is 306 g/mol. The highest BCUT2D eigenvalue weighted by Gasteiger charge is 2.27. The highest BCUT2D eigenvalue weighted by atomic mass is 32.2. The fourth-order valence-corrected chi connectivity index (χ4v) is 3.06. The van der Waals surface area contributed by atoms with Crippen molar-refractivity contribution < 1.29 is 12.8 Å². The third kappa shape index (κ3) is 2.45. The van der Waals surface area contributed by atoms with Crippen LogP contribution in [0.2, 0.25) is 0 Å². The van der Waals surface area contributed by atoms with Crippen LogP contribution in [0.1, 0.15) is 0 Å². The smallest absolute Gasteiger partial charge is 0.287 e. The zero-order chi connectivity index (χ0) is 15.0. The summed E-state index contributed by atoms with van der Waals surface area (Å²) in [6.45, 7) is 0. The Morgan fingerprint density at radius 1 is 1.24 bits per heavy atom. The molecule has 1 aromatic heterocycles. The number of nitrogens with zero attached hydrogens (tertiary/aromatic N) is 3. The Kier molecular flexibility index (Phi) is 3.09. The number of rotatable bonds is 1. The van der Waals surface area contributed by atoms with E-state index in [1.54, 1.807) is 31.4 Å². The zero-order valence-corrected chi connectivity index (χ0v) is 11.8. The topological polar surface area (TPSA) is 74.7 Å². The van der Waals surface area contributed by atoms with Crippen LogP contribution in [0.5, 0.6) is 0 Å². The minimum atomic E-state index is -3.87. The lowest BCUT2D eigenvalue weighted by Crippen LogP contribution is -2.37. The highest BCUT2D eigenvalue weighted by molar-refractivity contribution is 7.90. The van der Waals surface area contributed by atoms with Crippen molar-refractivity contribution in [1.82, 2.24) is 4.98 Å². The SMILES string of the molecule is CN(C1=NS(=O)(=O)c2ccc(F)cc2N1)c1ccccn1. The molecule has 1 aliphatic rings. The van der Waals surface area contributed by atoms with Gasteiger partial charge in [0.05, 0.1) is 5.69 Å². The molecule has 0 spiro atoms. The highest BCUT2D eigenvalue weighted by Crippen LogP contribution is 2.28. The molecule has 0 amide bonds. The van der Waals surface area contributed by atoms with Crippen LogP contribution < -0.4 is 10.2 Å². The summed E-state index contributed by atoms with van der Waals surface area (Å²) in [5, 5.41) is 2.81. The van der Waals surface area contributed by atoms with Gasteiger partial charge in [0, 0.05) is 13.2 Å². The molecular formula is C13H11FN4O2S. The molecule has 0 saturated heterocycles. The molecule has 108 valence electrons. The summed E-state index contributed by atoms with van der Waals surface area (Å²) in [5.41, 5.74) is 0.155. The van der Waals surface area contributed by atoms with E-state index in [-0.39, 0.29) is 16.5 Å². The number of fused-ring (bicyclic) bond motifs is 1. The molecule has 6 nitrogen and oxygen atoms in total. The van der Waals surface area contributed by atoms with Crippen LogP contribution in [0.15, 0.2) is 51.9 Å². The molecule has 0 atom stereocenters. The van der Waals surface area contributed by atoms with E-state index in [9.17, 15) is 12.8 Å². The van der Waals surface area contributed by atoms with Gasteiger partial charge >= 0.3 is 0 Å². The fraction of sp³-hybridized carbons (Fsp3) is 0.0769. The maximum absolute atomic E-state index is 13.3. The van der Waals surface area contributed by atoms with Crippen LogP contribution in [-0.2, 0) is 10.0 Å². The van der Waals surface area contributed by atoms with Crippen LogP contribution in [0.25, 0.3) is 0 Å². The van der Waals surface area contributed by atoms with Crippen molar-refractivity contribution in [2.24, 2.45) is 4.40 Å². The lowest BCUT2D eigenvalue weighted by Gasteiger charge is -2.25. The van der Waals surface area contributed by atoms with E-state index in [1.807, 2.05) is 0 Å². The normalized spacial score (nSPS) is 15.6. The van der Waals surface area contributed by atoms with E-state index in [1.165, 1.54) is 11.0 Å². The van der Waals surface area contributed by atoms with Crippen molar-refractivity contribution >= 4 is 27.5 Å². The first kappa shape index (κ1) is 13.5.